The van der Waals surface area contributed by atoms with Gasteiger partial charge in [-0.05, 0) is 37.7 Å². The third-order valence-corrected chi connectivity index (χ3v) is 6.46. The molecule has 0 amide bonds. The van der Waals surface area contributed by atoms with Crippen LogP contribution in [0.2, 0.25) is 0 Å². The Morgan fingerprint density at radius 1 is 1.12 bits per heavy atom. The van der Waals surface area contributed by atoms with Crippen LogP contribution in [-0.4, -0.2) is 38.1 Å². The van der Waals surface area contributed by atoms with Crippen LogP contribution in [0.15, 0.2) is 41.2 Å². The number of aryl methyl sites for hydroxylation is 1. The first kappa shape index (κ1) is 19.0. The monoisotopic (exact) mass is 370 g/mol. The number of rotatable bonds is 6. The second kappa shape index (κ2) is 7.45. The molecule has 0 aliphatic carbocycles. The van der Waals surface area contributed by atoms with Crippen LogP contribution in [-0.2, 0) is 0 Å². The number of nitrogens with zero attached hydrogens (tertiary/aromatic N) is 2. The minimum atomic E-state index is -0.534. The number of likely N-dealkylation sites (N-methyl/N-ethyl adjacent to an activating group) is 2. The summed E-state index contributed by atoms with van der Waals surface area (Å²) in [6.45, 7) is 9.19. The van der Waals surface area contributed by atoms with Crippen LogP contribution >= 0.6 is 11.3 Å². The van der Waals surface area contributed by atoms with Crippen LogP contribution in [0, 0.1) is 12.1 Å². The van der Waals surface area contributed by atoms with Gasteiger partial charge in [0.1, 0.15) is 11.1 Å². The number of hydrogen-bond acceptors (Lipinski definition) is 4. The Kier molecular flexibility index (Phi) is 5.44. The van der Waals surface area contributed by atoms with Crippen molar-refractivity contribution in [2.75, 3.05) is 33.2 Å². The van der Waals surface area contributed by atoms with Crippen LogP contribution in [0.5, 0.6) is 0 Å². The topological polar surface area (TPSA) is 43.4 Å². The molecule has 0 bridgehead atoms. The lowest BCUT2D eigenvalue weighted by Gasteiger charge is -2.40. The molecule has 1 aromatic heterocycles. The van der Waals surface area contributed by atoms with Crippen molar-refractivity contribution in [3.63, 3.8) is 0 Å². The van der Waals surface area contributed by atoms with Crippen molar-refractivity contribution < 1.29 is 0 Å². The summed E-state index contributed by atoms with van der Waals surface area (Å²) in [6, 6.07) is 11.5. The molecule has 0 N–H and O–H groups in total. The summed E-state index contributed by atoms with van der Waals surface area (Å²) in [7, 11) is 1.66. The van der Waals surface area contributed by atoms with E-state index in [9.17, 15) is 10.0 Å². The van der Waals surface area contributed by atoms with E-state index in [0.717, 1.165) is 28.1 Å². The Hall–Kier alpha value is -1.79. The summed E-state index contributed by atoms with van der Waals surface area (Å²) >= 11 is 1.60. The van der Waals surface area contributed by atoms with Crippen molar-refractivity contribution in [1.29, 1.82) is 0 Å². The van der Waals surface area contributed by atoms with Crippen molar-refractivity contribution in [2.45, 2.75) is 20.8 Å². The van der Waals surface area contributed by atoms with Crippen LogP contribution in [0.4, 0.5) is 5.69 Å². The molecule has 0 aliphatic heterocycles. The molecule has 138 valence electrons. The van der Waals surface area contributed by atoms with E-state index in [-0.39, 0.29) is 5.43 Å². The maximum atomic E-state index is 13.4. The van der Waals surface area contributed by atoms with Gasteiger partial charge in [-0.25, -0.2) is 0 Å². The maximum Gasteiger partial charge on any atom is 0.201 e. The first-order valence-corrected chi connectivity index (χ1v) is 9.95. The van der Waals surface area contributed by atoms with Gasteiger partial charge in [0.15, 0.2) is 0 Å². The predicted octanol–water partition coefficient (Wildman–Crippen LogP) is 4.50. The Morgan fingerprint density at radius 2 is 1.81 bits per heavy atom. The molecule has 0 saturated heterocycles. The first-order chi connectivity index (χ1) is 12.4. The van der Waals surface area contributed by atoms with Gasteiger partial charge in [0, 0.05) is 27.4 Å². The molecule has 0 saturated carbocycles. The maximum absolute atomic E-state index is 13.4. The molecule has 2 aromatic carbocycles. The molecule has 1 heterocycles. The van der Waals surface area contributed by atoms with Gasteiger partial charge in [0.05, 0.1) is 13.6 Å². The molecule has 0 fully saturated rings. The van der Waals surface area contributed by atoms with E-state index in [1.165, 1.54) is 0 Å². The molecular formula is C21H26N2O2S. The lowest BCUT2D eigenvalue weighted by molar-refractivity contribution is 0.272. The van der Waals surface area contributed by atoms with Gasteiger partial charge in [-0.1, -0.05) is 32.0 Å². The fraction of sp³-hybridized carbons (Fsp3) is 0.381. The van der Waals surface area contributed by atoms with Crippen molar-refractivity contribution in [1.82, 2.24) is 9.55 Å². The van der Waals surface area contributed by atoms with E-state index in [1.807, 2.05) is 43.3 Å². The minimum absolute atomic E-state index is 0.0314. The summed E-state index contributed by atoms with van der Waals surface area (Å²) in [5, 5.41) is 14.7. The van der Waals surface area contributed by atoms with Crippen molar-refractivity contribution in [3.05, 3.63) is 57.4 Å². The highest BCUT2D eigenvalue weighted by molar-refractivity contribution is 7.24. The molecule has 26 heavy (non-hydrogen) atoms. The highest BCUT2D eigenvalue weighted by atomic mass is 32.1. The van der Waals surface area contributed by atoms with Gasteiger partial charge in [-0.2, -0.15) is 0 Å². The molecule has 4 nitrogen and oxygen atoms in total. The van der Waals surface area contributed by atoms with E-state index in [1.54, 1.807) is 18.4 Å². The van der Waals surface area contributed by atoms with E-state index in [4.69, 9.17) is 0 Å². The largest absolute Gasteiger partial charge is 0.627 e. The summed E-state index contributed by atoms with van der Waals surface area (Å²) in [5.41, 5.74) is 1.58. The fourth-order valence-electron chi connectivity index (χ4n) is 3.40. The number of quaternary nitrogens is 1. The average Bonchev–Trinajstić information content (AvgIpc) is 2.63. The average molecular weight is 371 g/mol. The highest BCUT2D eigenvalue weighted by Crippen LogP contribution is 2.35. The highest BCUT2D eigenvalue weighted by Gasteiger charge is 2.22. The molecule has 0 radical (unpaired) electrons. The number of fused-ring (bicyclic) bond motifs is 2. The van der Waals surface area contributed by atoms with Crippen LogP contribution in [0.3, 0.4) is 0 Å². The van der Waals surface area contributed by atoms with Crippen molar-refractivity contribution in [3.8, 4) is 0 Å². The summed E-state index contributed by atoms with van der Waals surface area (Å²) in [6.07, 6.45) is 0. The number of benzene rings is 2. The molecular weight excluding hydrogens is 344 g/mol. The summed E-state index contributed by atoms with van der Waals surface area (Å²) < 4.78 is 1.36. The fourth-order valence-corrected chi connectivity index (χ4v) is 4.57. The Morgan fingerprint density at radius 3 is 2.50 bits per heavy atom. The zero-order valence-corrected chi connectivity index (χ0v) is 16.7. The molecule has 3 rings (SSSR count). The van der Waals surface area contributed by atoms with Crippen molar-refractivity contribution in [2.24, 2.45) is 0 Å². The third kappa shape index (κ3) is 3.40. The van der Waals surface area contributed by atoms with Gasteiger partial charge in [-0.15, -0.1) is 11.3 Å². The normalized spacial score (nSPS) is 14.2. The third-order valence-electron chi connectivity index (χ3n) is 5.15. The molecule has 3 aromatic rings. The van der Waals surface area contributed by atoms with Gasteiger partial charge in [-0.3, -0.25) is 9.69 Å². The smallest absolute Gasteiger partial charge is 0.201 e. The van der Waals surface area contributed by atoms with Gasteiger partial charge < -0.3 is 9.85 Å². The summed E-state index contributed by atoms with van der Waals surface area (Å²) in [4.78, 5) is 15.4. The Bertz CT molecular complexity index is 990. The molecule has 0 aliphatic rings. The Labute approximate surface area is 158 Å². The van der Waals surface area contributed by atoms with Gasteiger partial charge in [0.25, 0.3) is 0 Å². The van der Waals surface area contributed by atoms with Crippen LogP contribution in [0.25, 0.3) is 20.2 Å². The molecule has 5 heteroatoms. The van der Waals surface area contributed by atoms with E-state index in [2.05, 4.69) is 18.7 Å². The minimum Gasteiger partial charge on any atom is -0.627 e. The number of hydrogen-bond donors (Lipinski definition) is 0. The van der Waals surface area contributed by atoms with E-state index >= 15 is 0 Å². The zero-order chi connectivity index (χ0) is 18.9. The molecule has 1 atom stereocenters. The van der Waals surface area contributed by atoms with Crippen molar-refractivity contribution >= 4 is 37.2 Å². The second-order valence-corrected chi connectivity index (χ2v) is 7.94. The first-order valence-electron chi connectivity index (χ1n) is 9.13. The van der Waals surface area contributed by atoms with Crippen LogP contribution < -0.4 is 10.1 Å². The van der Waals surface area contributed by atoms with Crippen LogP contribution in [0.1, 0.15) is 19.4 Å². The number of hydroxylamine groups is 2. The molecule has 0 spiro atoms. The zero-order valence-electron chi connectivity index (χ0n) is 15.9. The van der Waals surface area contributed by atoms with E-state index in [0.29, 0.717) is 29.5 Å². The second-order valence-electron chi connectivity index (χ2n) is 6.88. The van der Waals surface area contributed by atoms with Gasteiger partial charge >= 0.3 is 0 Å². The SMILES string of the molecule is CCN(CC)CC[N+](C)([O-])c1ccc(C)c2sc3ccccc3c(=O)c12. The lowest BCUT2D eigenvalue weighted by Crippen LogP contribution is -2.45. The Balaban J connectivity index is 2.18. The standard InChI is InChI=1S/C21H26N2O2S/c1-5-22(6-2)13-14-23(4,25)17-12-11-15(3)21-19(17)20(24)16-9-7-8-10-18(16)26-21/h7-12H,5-6,13-14H2,1-4H3. The lowest BCUT2D eigenvalue weighted by atomic mass is 10.1. The van der Waals surface area contributed by atoms with E-state index < -0.39 is 4.65 Å². The predicted molar refractivity (Wildman–Crippen MR) is 114 cm³/mol. The molecule has 1 unspecified atom stereocenters. The summed E-state index contributed by atoms with van der Waals surface area (Å²) in [5.74, 6) is 0. The quantitative estimate of drug-likeness (QED) is 0.364. The van der Waals surface area contributed by atoms with Gasteiger partial charge in [0.2, 0.25) is 5.43 Å².